The number of hydrogen-bond acceptors (Lipinski definition) is 5. The lowest BCUT2D eigenvalue weighted by Gasteiger charge is -2.24. The Hall–Kier alpha value is -2.50. The number of aromatic nitrogens is 2. The number of benzene rings is 1. The SMILES string of the molecule is [2H]c1cc2nc(C([2H])[2H])n(C3([2H])C(=O)CC(=O)C([2H])C3([2H])[2H])c(=O)c2c(N)c1[2H]. The molecule has 1 aliphatic rings. The number of carbonyl (C=O) groups excluding carboxylic acids is 2. The van der Waals surface area contributed by atoms with Gasteiger partial charge in [0.1, 0.15) is 11.6 Å². The summed E-state index contributed by atoms with van der Waals surface area (Å²) in [5, 5.41) is -0.482. The minimum absolute atomic E-state index is 0.190. The van der Waals surface area contributed by atoms with Crippen LogP contribution in [0.25, 0.3) is 10.9 Å². The number of hydrogen-bond donors (Lipinski definition) is 1. The number of aryl methyl sites for hydroxylation is 1. The Balaban J connectivity index is 2.53. The number of nitrogens with two attached hydrogens (primary N) is 1. The zero-order valence-electron chi connectivity index (χ0n) is 18.6. The largest absolute Gasteiger partial charge is 0.398 e. The lowest BCUT2D eigenvalue weighted by atomic mass is 9.92. The molecule has 2 N–H and O–H groups in total. The average Bonchev–Trinajstić information content (AvgIpc) is 2.62. The Kier molecular flexibility index (Phi) is 1.59. The first kappa shape index (κ1) is 6.98. The maximum absolute atomic E-state index is 13.2. The van der Waals surface area contributed by atoms with Crippen LogP contribution in [0.3, 0.4) is 0 Å². The molecule has 0 amide bonds. The molecular weight excluding hydrogens is 270 g/mol. The molecular formula is C15H15N3O3. The Bertz CT molecular complexity index is 1130. The Morgan fingerprint density at radius 2 is 2.38 bits per heavy atom. The summed E-state index contributed by atoms with van der Waals surface area (Å²) in [5.41, 5.74) is 3.73. The summed E-state index contributed by atoms with van der Waals surface area (Å²) in [7, 11) is 0. The molecule has 2 aromatic rings. The summed E-state index contributed by atoms with van der Waals surface area (Å²) < 4.78 is 63.5. The molecule has 21 heavy (non-hydrogen) atoms. The van der Waals surface area contributed by atoms with Crippen LogP contribution in [0.4, 0.5) is 5.69 Å². The second-order valence-electron chi connectivity index (χ2n) is 4.40. The predicted molar refractivity (Wildman–Crippen MR) is 78.1 cm³/mol. The lowest BCUT2D eigenvalue weighted by Crippen LogP contribution is -2.36. The number of Topliss-reactive ketones (excluding diaryl/α,β-unsaturated/α-hetero) is 2. The van der Waals surface area contributed by atoms with Crippen molar-refractivity contribution in [3.8, 4) is 0 Å². The van der Waals surface area contributed by atoms with Gasteiger partial charge in [-0.3, -0.25) is 19.0 Å². The van der Waals surface area contributed by atoms with Gasteiger partial charge >= 0.3 is 0 Å². The fraction of sp³-hybridized carbons (Fsp3) is 0.333. The van der Waals surface area contributed by atoms with Crippen LogP contribution in [0.15, 0.2) is 22.9 Å². The van der Waals surface area contributed by atoms with E-state index in [1.165, 1.54) is 0 Å². The molecule has 1 aromatic heterocycles. The van der Waals surface area contributed by atoms with Crippen molar-refractivity contribution in [3.05, 3.63) is 34.3 Å². The molecule has 0 bridgehead atoms. The van der Waals surface area contributed by atoms with Crippen LogP contribution >= 0.6 is 0 Å². The summed E-state index contributed by atoms with van der Waals surface area (Å²) >= 11 is 0. The molecule has 1 aliphatic carbocycles. The van der Waals surface area contributed by atoms with Gasteiger partial charge in [-0.05, 0) is 25.4 Å². The molecule has 2 unspecified atom stereocenters. The second-order valence-corrected chi connectivity index (χ2v) is 4.40. The van der Waals surface area contributed by atoms with Gasteiger partial charge in [0, 0.05) is 18.9 Å². The van der Waals surface area contributed by atoms with Crippen molar-refractivity contribution in [2.24, 2.45) is 0 Å². The molecule has 0 aliphatic heterocycles. The van der Waals surface area contributed by atoms with Gasteiger partial charge in [-0.25, -0.2) is 4.98 Å². The highest BCUT2D eigenvalue weighted by atomic mass is 16.2. The van der Waals surface area contributed by atoms with E-state index in [0.717, 1.165) is 6.07 Å². The molecule has 1 heterocycles. The van der Waals surface area contributed by atoms with Crippen molar-refractivity contribution in [3.63, 3.8) is 0 Å². The lowest BCUT2D eigenvalue weighted by molar-refractivity contribution is -0.132. The van der Waals surface area contributed by atoms with Gasteiger partial charge in [0.2, 0.25) is 0 Å². The Morgan fingerprint density at radius 1 is 1.57 bits per heavy atom. The van der Waals surface area contributed by atoms with Crippen LogP contribution in [0, 0.1) is 6.88 Å². The van der Waals surface area contributed by atoms with E-state index in [2.05, 4.69) is 4.98 Å². The summed E-state index contributed by atoms with van der Waals surface area (Å²) in [5.74, 6) is -3.18. The third-order valence-electron chi connectivity index (χ3n) is 3.01. The van der Waals surface area contributed by atoms with E-state index in [1.54, 1.807) is 0 Å². The van der Waals surface area contributed by atoms with Gasteiger partial charge in [0.15, 0.2) is 5.78 Å². The third kappa shape index (κ3) is 2.12. The predicted octanol–water partition coefficient (Wildman–Crippen LogP) is 1.15. The first-order chi connectivity index (χ1) is 13.3. The zero-order chi connectivity index (χ0) is 22.0. The highest BCUT2D eigenvalue weighted by Crippen LogP contribution is 2.24. The van der Waals surface area contributed by atoms with Crippen molar-refractivity contribution in [1.82, 2.24) is 9.55 Å². The normalized spacial score (nSPS) is 34.2. The molecule has 1 fully saturated rings. The van der Waals surface area contributed by atoms with Gasteiger partial charge < -0.3 is 5.73 Å². The fourth-order valence-electron chi connectivity index (χ4n) is 2.08. The average molecular weight is 293 g/mol. The minimum Gasteiger partial charge on any atom is -0.398 e. The fourth-order valence-corrected chi connectivity index (χ4v) is 2.08. The number of ketones is 2. The van der Waals surface area contributed by atoms with Gasteiger partial charge in [-0.1, -0.05) is 6.04 Å². The van der Waals surface area contributed by atoms with E-state index in [1.807, 2.05) is 0 Å². The van der Waals surface area contributed by atoms with Gasteiger partial charge in [0.05, 0.1) is 27.5 Å². The standard InChI is InChI=1S/C15H15N3O3/c1-8-17-11-4-2-3-10(16)14(11)15(21)18(8)12-6-5-9(19)7-13(12)20/h2-4,12H,5-7,16H2,1H3/i1D2,2D,3D,5D,6D2,12D. The van der Waals surface area contributed by atoms with E-state index in [4.69, 9.17) is 16.7 Å². The van der Waals surface area contributed by atoms with Gasteiger partial charge in [-0.15, -0.1) is 0 Å². The van der Waals surface area contributed by atoms with Crippen molar-refractivity contribution >= 4 is 28.2 Å². The first-order valence-electron chi connectivity index (χ1n) is 10.2. The van der Waals surface area contributed by atoms with Crippen LogP contribution in [0.5, 0.6) is 0 Å². The van der Waals surface area contributed by atoms with Crippen molar-refractivity contribution < 1.29 is 20.6 Å². The number of anilines is 1. The van der Waals surface area contributed by atoms with Gasteiger partial charge in [0.25, 0.3) is 5.56 Å². The van der Waals surface area contributed by atoms with Crippen molar-refractivity contribution in [1.29, 1.82) is 0 Å². The van der Waals surface area contributed by atoms with E-state index in [9.17, 15) is 14.4 Å². The summed E-state index contributed by atoms with van der Waals surface area (Å²) in [6.45, 7) is -2.05. The number of nitrogens with zero attached hydrogens (tertiary/aromatic N) is 2. The van der Waals surface area contributed by atoms with E-state index in [-0.39, 0.29) is 10.1 Å². The number of nitrogen functional groups attached to an aromatic ring is 1. The summed E-state index contributed by atoms with van der Waals surface area (Å²) in [6, 6.07) is -3.08. The van der Waals surface area contributed by atoms with Crippen LogP contribution in [0.1, 0.15) is 42.0 Å². The second kappa shape index (κ2) is 4.80. The highest BCUT2D eigenvalue weighted by molar-refractivity contribution is 6.03. The van der Waals surface area contributed by atoms with Crippen molar-refractivity contribution in [2.45, 2.75) is 32.1 Å². The maximum Gasteiger partial charge on any atom is 0.264 e. The third-order valence-corrected chi connectivity index (χ3v) is 3.01. The Morgan fingerprint density at radius 3 is 3.14 bits per heavy atom. The molecule has 0 saturated heterocycles. The van der Waals surface area contributed by atoms with Crippen LogP contribution < -0.4 is 11.3 Å². The molecule has 0 spiro atoms. The van der Waals surface area contributed by atoms with E-state index >= 15 is 0 Å². The summed E-state index contributed by atoms with van der Waals surface area (Å²) in [6.07, 6.45) is -6.33. The molecule has 6 nitrogen and oxygen atoms in total. The highest BCUT2D eigenvalue weighted by Gasteiger charge is 2.30. The van der Waals surface area contributed by atoms with Crippen LogP contribution in [-0.2, 0) is 9.59 Å². The zero-order valence-corrected chi connectivity index (χ0v) is 10.6. The molecule has 108 valence electrons. The molecule has 0 radical (unpaired) electrons. The van der Waals surface area contributed by atoms with Crippen molar-refractivity contribution in [2.75, 3.05) is 5.73 Å². The number of carbonyl (C=O) groups is 2. The van der Waals surface area contributed by atoms with E-state index in [0.29, 0.717) is 0 Å². The number of fused-ring (bicyclic) bond motifs is 1. The maximum atomic E-state index is 13.2. The van der Waals surface area contributed by atoms with E-state index < -0.39 is 78.2 Å². The molecule has 6 heteroatoms. The molecule has 1 saturated carbocycles. The molecule has 1 aromatic carbocycles. The monoisotopic (exact) mass is 293 g/mol. The van der Waals surface area contributed by atoms with Crippen LogP contribution in [0.2, 0.25) is 0 Å². The Labute approximate surface area is 131 Å². The molecule has 2 atom stereocenters. The topological polar surface area (TPSA) is 95.0 Å². The minimum atomic E-state index is -3.18. The first-order valence-corrected chi connectivity index (χ1v) is 5.92. The quantitative estimate of drug-likeness (QED) is 0.628. The number of rotatable bonds is 1. The smallest absolute Gasteiger partial charge is 0.264 e. The molecule has 3 rings (SSSR count). The van der Waals surface area contributed by atoms with Crippen LogP contribution in [-0.4, -0.2) is 21.1 Å². The van der Waals surface area contributed by atoms with Gasteiger partial charge in [-0.2, -0.15) is 0 Å². The summed E-state index contributed by atoms with van der Waals surface area (Å²) in [4.78, 5) is 41.5.